The summed E-state index contributed by atoms with van der Waals surface area (Å²) >= 11 is 1.81. The van der Waals surface area contributed by atoms with Crippen LogP contribution >= 0.6 is 24.2 Å². The number of hydrogen-bond donors (Lipinski definition) is 2. The van der Waals surface area contributed by atoms with E-state index in [1.54, 1.807) is 0 Å². The molecule has 3 nitrogen and oxygen atoms in total. The van der Waals surface area contributed by atoms with Gasteiger partial charge in [-0.3, -0.25) is 4.79 Å². The third-order valence-electron chi connectivity index (χ3n) is 4.71. The molecule has 3 atom stereocenters. The van der Waals surface area contributed by atoms with Crippen molar-refractivity contribution in [3.8, 4) is 0 Å². The molecule has 1 aromatic carbocycles. The summed E-state index contributed by atoms with van der Waals surface area (Å²) in [7, 11) is 0. The number of nitrogens with one attached hydrogen (secondary N) is 2. The number of anilines is 1. The van der Waals surface area contributed by atoms with Crippen LogP contribution in [0.5, 0.6) is 0 Å². The molecular formula is C17H25ClN2OS. The van der Waals surface area contributed by atoms with Gasteiger partial charge in [0.05, 0.1) is 6.04 Å². The summed E-state index contributed by atoms with van der Waals surface area (Å²) in [6.07, 6.45) is 8.25. The second-order valence-electron chi connectivity index (χ2n) is 6.23. The average Bonchev–Trinajstić information content (AvgIpc) is 2.94. The van der Waals surface area contributed by atoms with E-state index in [4.69, 9.17) is 0 Å². The maximum atomic E-state index is 12.4. The van der Waals surface area contributed by atoms with Gasteiger partial charge in [-0.2, -0.15) is 11.8 Å². The first-order chi connectivity index (χ1) is 10.3. The van der Waals surface area contributed by atoms with E-state index >= 15 is 0 Å². The van der Waals surface area contributed by atoms with Crippen LogP contribution in [0.2, 0.25) is 0 Å². The van der Waals surface area contributed by atoms with Gasteiger partial charge in [-0.25, -0.2) is 0 Å². The Morgan fingerprint density at radius 3 is 2.68 bits per heavy atom. The first-order valence-electron chi connectivity index (χ1n) is 7.91. The van der Waals surface area contributed by atoms with Crippen molar-refractivity contribution < 1.29 is 4.79 Å². The Hall–Kier alpha value is -0.710. The first kappa shape index (κ1) is 17.6. The highest BCUT2D eigenvalue weighted by molar-refractivity contribution is 7.97. The Bertz CT molecular complexity index is 480. The fourth-order valence-corrected chi connectivity index (χ4v) is 4.13. The Morgan fingerprint density at radius 2 is 2.00 bits per heavy atom. The number of carbonyl (C=O) groups excluding carboxylic acids is 1. The topological polar surface area (TPSA) is 41.1 Å². The zero-order valence-corrected chi connectivity index (χ0v) is 14.6. The van der Waals surface area contributed by atoms with Crippen molar-refractivity contribution in [3.05, 3.63) is 29.8 Å². The second kappa shape index (κ2) is 8.23. The molecule has 0 radical (unpaired) electrons. The summed E-state index contributed by atoms with van der Waals surface area (Å²) in [5.74, 6) is 1.85. The fraction of sp³-hybridized carbons (Fsp3) is 0.588. The lowest BCUT2D eigenvalue weighted by Crippen LogP contribution is -2.39. The van der Waals surface area contributed by atoms with Crippen molar-refractivity contribution in [1.29, 1.82) is 0 Å². The number of carbonyl (C=O) groups is 1. The van der Waals surface area contributed by atoms with E-state index in [0.717, 1.165) is 17.9 Å². The van der Waals surface area contributed by atoms with Crippen molar-refractivity contribution in [1.82, 2.24) is 5.32 Å². The number of fused-ring (bicyclic) bond motifs is 1. The molecule has 3 rings (SSSR count). The summed E-state index contributed by atoms with van der Waals surface area (Å²) in [4.78, 5) is 12.4. The van der Waals surface area contributed by atoms with Crippen molar-refractivity contribution in [2.75, 3.05) is 11.6 Å². The molecule has 1 aliphatic carbocycles. The van der Waals surface area contributed by atoms with Crippen LogP contribution in [-0.4, -0.2) is 24.2 Å². The van der Waals surface area contributed by atoms with Gasteiger partial charge in [-0.05, 0) is 49.1 Å². The summed E-state index contributed by atoms with van der Waals surface area (Å²) in [5.41, 5.74) is 2.20. The summed E-state index contributed by atoms with van der Waals surface area (Å²) < 4.78 is 0. The SMILES string of the molecule is CSCc1ccc(NC(=O)C2CC3CCCCC3N2)cc1.Cl. The second-order valence-corrected chi connectivity index (χ2v) is 7.09. The molecule has 2 aliphatic rings. The average molecular weight is 341 g/mol. The maximum absolute atomic E-state index is 12.4. The number of rotatable bonds is 4. The number of halogens is 1. The number of amides is 1. The fourth-order valence-electron chi connectivity index (χ4n) is 3.60. The molecule has 2 N–H and O–H groups in total. The molecule has 122 valence electrons. The molecule has 0 aromatic heterocycles. The summed E-state index contributed by atoms with van der Waals surface area (Å²) in [6, 6.07) is 8.75. The van der Waals surface area contributed by atoms with Gasteiger partial charge in [0.25, 0.3) is 0 Å². The number of benzene rings is 1. The van der Waals surface area contributed by atoms with Crippen LogP contribution in [0.4, 0.5) is 5.69 Å². The third-order valence-corrected chi connectivity index (χ3v) is 5.33. The molecule has 1 saturated carbocycles. The molecule has 1 heterocycles. The molecule has 1 aliphatic heterocycles. The van der Waals surface area contributed by atoms with E-state index < -0.39 is 0 Å². The minimum absolute atomic E-state index is 0. The van der Waals surface area contributed by atoms with Crippen LogP contribution < -0.4 is 10.6 Å². The van der Waals surface area contributed by atoms with Gasteiger partial charge in [0.1, 0.15) is 0 Å². The third kappa shape index (κ3) is 4.18. The van der Waals surface area contributed by atoms with Crippen LogP contribution in [0.1, 0.15) is 37.7 Å². The van der Waals surface area contributed by atoms with Gasteiger partial charge < -0.3 is 10.6 Å². The highest BCUT2D eigenvalue weighted by Gasteiger charge is 2.38. The minimum atomic E-state index is -0.0102. The van der Waals surface area contributed by atoms with Gasteiger partial charge >= 0.3 is 0 Å². The van der Waals surface area contributed by atoms with Crippen LogP contribution in [0.3, 0.4) is 0 Å². The molecule has 22 heavy (non-hydrogen) atoms. The van der Waals surface area contributed by atoms with Gasteiger partial charge in [0.15, 0.2) is 0 Å². The highest BCUT2D eigenvalue weighted by atomic mass is 35.5. The highest BCUT2D eigenvalue weighted by Crippen LogP contribution is 2.33. The van der Waals surface area contributed by atoms with Gasteiger partial charge in [-0.1, -0.05) is 25.0 Å². The summed E-state index contributed by atoms with van der Waals surface area (Å²) in [5, 5.41) is 6.58. The van der Waals surface area contributed by atoms with E-state index in [1.165, 1.54) is 31.2 Å². The molecule has 0 spiro atoms. The van der Waals surface area contributed by atoms with Crippen LogP contribution in [0.25, 0.3) is 0 Å². The van der Waals surface area contributed by atoms with E-state index in [2.05, 4.69) is 29.0 Å². The molecule has 0 bridgehead atoms. The van der Waals surface area contributed by atoms with Crippen LogP contribution in [0.15, 0.2) is 24.3 Å². The van der Waals surface area contributed by atoms with Crippen molar-refractivity contribution in [3.63, 3.8) is 0 Å². The lowest BCUT2D eigenvalue weighted by molar-refractivity contribution is -0.117. The van der Waals surface area contributed by atoms with Gasteiger partial charge in [0, 0.05) is 17.5 Å². The Balaban J connectivity index is 0.00000176. The lowest BCUT2D eigenvalue weighted by Gasteiger charge is -2.24. The molecule has 3 unspecified atom stereocenters. The van der Waals surface area contributed by atoms with Crippen molar-refractivity contribution in [2.45, 2.75) is 49.9 Å². The van der Waals surface area contributed by atoms with E-state index in [9.17, 15) is 4.79 Å². The Labute approximate surface area is 143 Å². The molecule has 5 heteroatoms. The van der Waals surface area contributed by atoms with Crippen molar-refractivity contribution in [2.24, 2.45) is 5.92 Å². The molecule has 2 fully saturated rings. The largest absolute Gasteiger partial charge is 0.325 e. The minimum Gasteiger partial charge on any atom is -0.325 e. The predicted molar refractivity (Wildman–Crippen MR) is 96.8 cm³/mol. The zero-order valence-electron chi connectivity index (χ0n) is 13.0. The molecule has 1 aromatic rings. The number of thioether (sulfide) groups is 1. The van der Waals surface area contributed by atoms with E-state index in [1.807, 2.05) is 23.9 Å². The maximum Gasteiger partial charge on any atom is 0.241 e. The normalized spacial score (nSPS) is 26.9. The molecule has 1 amide bonds. The van der Waals surface area contributed by atoms with Crippen LogP contribution in [0, 0.1) is 5.92 Å². The predicted octanol–water partition coefficient (Wildman–Crippen LogP) is 3.83. The van der Waals surface area contributed by atoms with Gasteiger partial charge in [0.2, 0.25) is 5.91 Å². The zero-order chi connectivity index (χ0) is 14.7. The first-order valence-corrected chi connectivity index (χ1v) is 9.30. The lowest BCUT2D eigenvalue weighted by atomic mass is 9.85. The van der Waals surface area contributed by atoms with E-state index in [-0.39, 0.29) is 24.4 Å². The quantitative estimate of drug-likeness (QED) is 0.875. The monoisotopic (exact) mass is 340 g/mol. The van der Waals surface area contributed by atoms with E-state index in [0.29, 0.717) is 12.0 Å². The van der Waals surface area contributed by atoms with Crippen LogP contribution in [-0.2, 0) is 10.5 Å². The standard InChI is InChI=1S/C17H24N2OS.ClH/c1-21-11-12-6-8-14(9-7-12)18-17(20)16-10-13-4-2-3-5-15(13)19-16;/h6-9,13,15-16,19H,2-5,10-11H2,1H3,(H,18,20);1H. The van der Waals surface area contributed by atoms with Gasteiger partial charge in [-0.15, -0.1) is 12.4 Å². The smallest absolute Gasteiger partial charge is 0.241 e. The Morgan fingerprint density at radius 1 is 1.27 bits per heavy atom. The molecule has 1 saturated heterocycles. The number of hydrogen-bond acceptors (Lipinski definition) is 3. The summed E-state index contributed by atoms with van der Waals surface area (Å²) in [6.45, 7) is 0. The molecular weight excluding hydrogens is 316 g/mol. The van der Waals surface area contributed by atoms with Crippen molar-refractivity contribution >= 4 is 35.8 Å². The Kier molecular flexibility index (Phi) is 6.60.